The van der Waals surface area contributed by atoms with Gasteiger partial charge in [0.05, 0.1) is 17.8 Å². The summed E-state index contributed by atoms with van der Waals surface area (Å²) in [6.45, 7) is 4.72. The summed E-state index contributed by atoms with van der Waals surface area (Å²) in [4.78, 5) is 17.7. The summed E-state index contributed by atoms with van der Waals surface area (Å²) < 4.78 is 8.11. The lowest BCUT2D eigenvalue weighted by molar-refractivity contribution is -0.121. The van der Waals surface area contributed by atoms with Gasteiger partial charge in [0.15, 0.2) is 5.82 Å². The van der Waals surface area contributed by atoms with Gasteiger partial charge in [-0.1, -0.05) is 35.9 Å². The van der Waals surface area contributed by atoms with Crippen molar-refractivity contribution in [3.05, 3.63) is 100 Å². The fourth-order valence-electron chi connectivity index (χ4n) is 4.37. The van der Waals surface area contributed by atoms with E-state index in [0.717, 1.165) is 28.1 Å². The first-order chi connectivity index (χ1) is 17.9. The molecule has 1 atom stereocenters. The van der Waals surface area contributed by atoms with Crippen molar-refractivity contribution in [2.45, 2.75) is 32.9 Å². The second-order valence-corrected chi connectivity index (χ2v) is 9.24. The zero-order valence-electron chi connectivity index (χ0n) is 20.6. The number of hydrogen-bond donors (Lipinski definition) is 2. The summed E-state index contributed by atoms with van der Waals surface area (Å²) >= 11 is 6.18. The van der Waals surface area contributed by atoms with Gasteiger partial charge in [-0.15, -0.1) is 10.2 Å². The van der Waals surface area contributed by atoms with E-state index in [-0.39, 0.29) is 12.3 Å². The summed E-state index contributed by atoms with van der Waals surface area (Å²) in [6, 6.07) is 20.4. The zero-order valence-corrected chi connectivity index (χ0v) is 21.4. The number of halogens is 1. The number of rotatable bonds is 7. The average molecular weight is 515 g/mol. The van der Waals surface area contributed by atoms with Crippen molar-refractivity contribution in [1.82, 2.24) is 20.1 Å². The van der Waals surface area contributed by atoms with Crippen LogP contribution in [-0.2, 0) is 11.4 Å². The molecule has 3 aromatic carbocycles. The number of aromatic nitrogens is 3. The van der Waals surface area contributed by atoms with E-state index >= 15 is 0 Å². The van der Waals surface area contributed by atoms with E-state index in [1.165, 1.54) is 0 Å². The summed E-state index contributed by atoms with van der Waals surface area (Å²) in [5, 5.41) is 12.2. The number of carbonyl (C=O) groups is 1. The number of fused-ring (bicyclic) bond motifs is 3. The maximum atomic E-state index is 12.6. The molecular weight excluding hydrogens is 488 g/mol. The van der Waals surface area contributed by atoms with Gasteiger partial charge in [-0.3, -0.25) is 14.4 Å². The normalized spacial score (nSPS) is 14.2. The Morgan fingerprint density at radius 2 is 1.84 bits per heavy atom. The molecule has 5 rings (SSSR count). The molecule has 1 aromatic heterocycles. The third-order valence-electron chi connectivity index (χ3n) is 6.15. The van der Waals surface area contributed by atoms with Crippen LogP contribution in [0.25, 0.3) is 5.69 Å². The third kappa shape index (κ3) is 5.20. The number of ether oxygens (including phenoxy) is 1. The molecule has 9 heteroatoms. The van der Waals surface area contributed by atoms with E-state index < -0.39 is 6.04 Å². The molecule has 188 valence electrons. The van der Waals surface area contributed by atoms with Gasteiger partial charge in [0.2, 0.25) is 5.91 Å². The second-order valence-electron chi connectivity index (χ2n) is 8.81. The quantitative estimate of drug-likeness (QED) is 0.344. The first kappa shape index (κ1) is 24.5. The van der Waals surface area contributed by atoms with Crippen molar-refractivity contribution < 1.29 is 9.53 Å². The van der Waals surface area contributed by atoms with Crippen LogP contribution in [0.3, 0.4) is 0 Å². The lowest BCUT2D eigenvalue weighted by Crippen LogP contribution is -2.25. The molecule has 0 bridgehead atoms. The van der Waals surface area contributed by atoms with Crippen LogP contribution in [-0.4, -0.2) is 32.9 Å². The Hall–Kier alpha value is -4.17. The number of anilines is 1. The van der Waals surface area contributed by atoms with Gasteiger partial charge in [-0.05, 0) is 61.9 Å². The van der Waals surface area contributed by atoms with Crippen LogP contribution in [0.4, 0.5) is 5.69 Å². The lowest BCUT2D eigenvalue weighted by atomic mass is 10.00. The highest BCUT2D eigenvalue weighted by Crippen LogP contribution is 2.34. The van der Waals surface area contributed by atoms with Crippen molar-refractivity contribution in [2.75, 3.05) is 12.3 Å². The Bertz CT molecular complexity index is 1460. The second kappa shape index (κ2) is 10.4. The SMILES string of the molecule is CCNC(=O)CC1N=C(c2ccc(Cl)cc2)c2cc(OCc3ccc(N)cc3)ccc2-n2c(C)nnc21. The third-order valence-corrected chi connectivity index (χ3v) is 6.40. The van der Waals surface area contributed by atoms with Crippen LogP contribution < -0.4 is 15.8 Å². The number of nitrogen functional groups attached to an aromatic ring is 1. The number of nitrogens with zero attached hydrogens (tertiary/aromatic N) is 4. The van der Waals surface area contributed by atoms with Crippen LogP contribution in [0.15, 0.2) is 71.7 Å². The van der Waals surface area contributed by atoms with Crippen LogP contribution >= 0.6 is 11.6 Å². The highest BCUT2D eigenvalue weighted by molar-refractivity contribution is 6.30. The molecule has 0 fully saturated rings. The smallest absolute Gasteiger partial charge is 0.222 e. The van der Waals surface area contributed by atoms with Crippen molar-refractivity contribution in [3.63, 3.8) is 0 Å². The Labute approximate surface area is 220 Å². The molecule has 0 aliphatic carbocycles. The molecular formula is C28H27ClN6O2. The van der Waals surface area contributed by atoms with Crippen molar-refractivity contribution in [3.8, 4) is 11.4 Å². The molecule has 3 N–H and O–H groups in total. The molecule has 1 aliphatic heterocycles. The molecule has 4 aromatic rings. The lowest BCUT2D eigenvalue weighted by Gasteiger charge is -2.15. The van der Waals surface area contributed by atoms with E-state index in [1.54, 1.807) is 0 Å². The highest BCUT2D eigenvalue weighted by Gasteiger charge is 2.30. The van der Waals surface area contributed by atoms with Gasteiger partial charge in [0.25, 0.3) is 0 Å². The number of nitrogens with one attached hydrogen (secondary N) is 1. The van der Waals surface area contributed by atoms with E-state index in [9.17, 15) is 4.79 Å². The molecule has 0 spiro atoms. The maximum absolute atomic E-state index is 12.6. The van der Waals surface area contributed by atoms with Crippen LogP contribution in [0.5, 0.6) is 5.75 Å². The minimum absolute atomic E-state index is 0.0996. The number of nitrogens with two attached hydrogens (primary N) is 1. The summed E-state index contributed by atoms with van der Waals surface area (Å²) in [5.41, 5.74) is 10.8. The number of aryl methyl sites for hydroxylation is 1. The van der Waals surface area contributed by atoms with Gasteiger partial charge in [0.1, 0.15) is 24.2 Å². The van der Waals surface area contributed by atoms with Gasteiger partial charge in [0, 0.05) is 28.4 Å². The van der Waals surface area contributed by atoms with Gasteiger partial charge in [-0.25, -0.2) is 0 Å². The predicted molar refractivity (Wildman–Crippen MR) is 144 cm³/mol. The maximum Gasteiger partial charge on any atom is 0.222 e. The minimum Gasteiger partial charge on any atom is -0.489 e. The summed E-state index contributed by atoms with van der Waals surface area (Å²) in [6.07, 6.45) is 0.150. The topological polar surface area (TPSA) is 107 Å². The Morgan fingerprint density at radius 3 is 2.57 bits per heavy atom. The van der Waals surface area contributed by atoms with E-state index in [4.69, 9.17) is 27.1 Å². The van der Waals surface area contributed by atoms with Crippen molar-refractivity contribution in [2.24, 2.45) is 4.99 Å². The summed E-state index contributed by atoms with van der Waals surface area (Å²) in [7, 11) is 0. The fourth-order valence-corrected chi connectivity index (χ4v) is 4.49. The van der Waals surface area contributed by atoms with E-state index in [1.807, 2.05) is 85.1 Å². The number of carbonyl (C=O) groups excluding carboxylic acids is 1. The largest absolute Gasteiger partial charge is 0.489 e. The van der Waals surface area contributed by atoms with Crippen molar-refractivity contribution >= 4 is 28.9 Å². The van der Waals surface area contributed by atoms with Crippen LogP contribution in [0.1, 0.15) is 47.7 Å². The Kier molecular flexibility index (Phi) is 6.92. The average Bonchev–Trinajstić information content (AvgIpc) is 3.21. The Morgan fingerprint density at radius 1 is 1.08 bits per heavy atom. The molecule has 37 heavy (non-hydrogen) atoms. The first-order valence-electron chi connectivity index (χ1n) is 12.1. The molecule has 1 aliphatic rings. The monoisotopic (exact) mass is 514 g/mol. The molecule has 8 nitrogen and oxygen atoms in total. The fraction of sp³-hybridized carbons (Fsp3) is 0.214. The van der Waals surface area contributed by atoms with Gasteiger partial charge < -0.3 is 15.8 Å². The molecule has 2 heterocycles. The number of hydrogen-bond acceptors (Lipinski definition) is 6. The van der Waals surface area contributed by atoms with Crippen LogP contribution in [0, 0.1) is 6.92 Å². The zero-order chi connectivity index (χ0) is 25.9. The van der Waals surface area contributed by atoms with E-state index in [2.05, 4.69) is 15.5 Å². The molecule has 1 unspecified atom stereocenters. The standard InChI is InChI=1S/C28H27ClN6O2/c1-3-31-26(36)15-24-28-34-33-17(2)35(28)25-13-12-22(37-16-18-4-10-21(30)11-5-18)14-23(25)27(32-24)19-6-8-20(29)9-7-19/h4-14,24H,3,15-16,30H2,1-2H3,(H,31,36). The number of aliphatic imine (C=N–C) groups is 1. The molecule has 1 amide bonds. The predicted octanol–water partition coefficient (Wildman–Crippen LogP) is 4.81. The van der Waals surface area contributed by atoms with Gasteiger partial charge in [-0.2, -0.15) is 0 Å². The highest BCUT2D eigenvalue weighted by atomic mass is 35.5. The van der Waals surface area contributed by atoms with E-state index in [0.29, 0.717) is 41.3 Å². The molecule has 0 saturated heterocycles. The van der Waals surface area contributed by atoms with Crippen molar-refractivity contribution in [1.29, 1.82) is 0 Å². The number of amides is 1. The number of benzene rings is 3. The summed E-state index contributed by atoms with van der Waals surface area (Å²) in [5.74, 6) is 1.91. The Balaban J connectivity index is 1.61. The minimum atomic E-state index is -0.523. The molecule has 0 saturated carbocycles. The molecule has 0 radical (unpaired) electrons. The van der Waals surface area contributed by atoms with Gasteiger partial charge >= 0.3 is 0 Å². The first-order valence-corrected chi connectivity index (χ1v) is 12.4. The van der Waals surface area contributed by atoms with Crippen LogP contribution in [0.2, 0.25) is 5.02 Å².